The first-order valence-corrected chi connectivity index (χ1v) is 9.54. The fourth-order valence-electron chi connectivity index (χ4n) is 2.35. The minimum Gasteiger partial charge on any atom is -0.466 e. The Morgan fingerprint density at radius 3 is 2.62 bits per heavy atom. The summed E-state index contributed by atoms with van der Waals surface area (Å²) in [7, 11) is 0. The maximum Gasteiger partial charge on any atom is 0.308 e. The number of esters is 1. The number of nitrogens with one attached hydrogen (secondary N) is 2. The zero-order chi connectivity index (χ0) is 21.2. The lowest BCUT2D eigenvalue weighted by Gasteiger charge is -2.18. The van der Waals surface area contributed by atoms with Gasteiger partial charge in [-0.05, 0) is 12.5 Å². The normalized spacial score (nSPS) is 11.2. The zero-order valence-electron chi connectivity index (χ0n) is 15.8. The first kappa shape index (κ1) is 21.8. The lowest BCUT2D eigenvalue weighted by molar-refractivity contribution is -0.143. The molecule has 0 aliphatic rings. The van der Waals surface area contributed by atoms with Crippen molar-refractivity contribution < 1.29 is 19.1 Å². The van der Waals surface area contributed by atoms with Gasteiger partial charge in [0.15, 0.2) is 5.96 Å². The first-order chi connectivity index (χ1) is 13.9. The Labute approximate surface area is 171 Å². The molecule has 1 aromatic carbocycles. The van der Waals surface area contributed by atoms with E-state index in [0.29, 0.717) is 0 Å². The van der Waals surface area contributed by atoms with Gasteiger partial charge in [0.2, 0.25) is 11.0 Å². The molecule has 154 valence electrons. The van der Waals surface area contributed by atoms with Crippen molar-refractivity contribution in [2.24, 2.45) is 16.5 Å². The minimum absolute atomic E-state index is 0.0196. The second-order valence-corrected chi connectivity index (χ2v) is 6.78. The van der Waals surface area contributed by atoms with Gasteiger partial charge in [-0.3, -0.25) is 14.4 Å². The number of ether oxygens (including phenoxy) is 1. The highest BCUT2D eigenvalue weighted by molar-refractivity contribution is 7.17. The second kappa shape index (κ2) is 10.8. The van der Waals surface area contributed by atoms with Crippen LogP contribution < -0.4 is 22.1 Å². The van der Waals surface area contributed by atoms with Gasteiger partial charge in [0.25, 0.3) is 5.91 Å². The van der Waals surface area contributed by atoms with Crippen LogP contribution in [0.2, 0.25) is 0 Å². The van der Waals surface area contributed by atoms with Gasteiger partial charge >= 0.3 is 5.97 Å². The van der Waals surface area contributed by atoms with Crippen LogP contribution in [0.4, 0.5) is 5.13 Å². The fraction of sp³-hybridized carbons (Fsp3) is 0.278. The molecule has 29 heavy (non-hydrogen) atoms. The molecule has 1 unspecified atom stereocenters. The molecular weight excluding hydrogens is 396 g/mol. The monoisotopic (exact) mass is 418 g/mol. The molecule has 0 radical (unpaired) electrons. The van der Waals surface area contributed by atoms with E-state index in [0.717, 1.165) is 16.9 Å². The molecule has 0 aliphatic heterocycles. The SMILES string of the molecule is CCOC(=O)CC(NC(=O)CNC(=O)c1cnc(N=C(N)N)s1)c1ccccc1. The molecule has 1 heterocycles. The molecule has 1 aromatic heterocycles. The van der Waals surface area contributed by atoms with Gasteiger partial charge in [-0.2, -0.15) is 4.99 Å². The number of carbonyl (C=O) groups excluding carboxylic acids is 3. The number of carbonyl (C=O) groups is 3. The van der Waals surface area contributed by atoms with Crippen molar-refractivity contribution in [1.82, 2.24) is 15.6 Å². The van der Waals surface area contributed by atoms with Gasteiger partial charge in [-0.25, -0.2) is 4.98 Å². The predicted octanol–water partition coefficient (Wildman–Crippen LogP) is 0.589. The van der Waals surface area contributed by atoms with Crippen LogP contribution >= 0.6 is 11.3 Å². The molecule has 11 heteroatoms. The third-order valence-corrected chi connectivity index (χ3v) is 4.45. The quantitative estimate of drug-likeness (QED) is 0.263. The highest BCUT2D eigenvalue weighted by atomic mass is 32.1. The predicted molar refractivity (Wildman–Crippen MR) is 108 cm³/mol. The van der Waals surface area contributed by atoms with E-state index in [1.54, 1.807) is 31.2 Å². The zero-order valence-corrected chi connectivity index (χ0v) is 16.6. The summed E-state index contributed by atoms with van der Waals surface area (Å²) in [6, 6.07) is 8.46. The number of hydrogen-bond acceptors (Lipinski definition) is 7. The van der Waals surface area contributed by atoms with Crippen molar-refractivity contribution in [3.63, 3.8) is 0 Å². The Bertz CT molecular complexity index is 879. The van der Waals surface area contributed by atoms with E-state index < -0.39 is 23.8 Å². The van der Waals surface area contributed by atoms with Crippen molar-refractivity contribution in [3.8, 4) is 0 Å². The smallest absolute Gasteiger partial charge is 0.308 e. The maximum absolute atomic E-state index is 12.3. The van der Waals surface area contributed by atoms with Gasteiger partial charge in [0.1, 0.15) is 4.88 Å². The van der Waals surface area contributed by atoms with Crippen LogP contribution in [0.25, 0.3) is 0 Å². The van der Waals surface area contributed by atoms with Gasteiger partial charge in [0.05, 0.1) is 31.8 Å². The van der Waals surface area contributed by atoms with Gasteiger partial charge < -0.3 is 26.8 Å². The van der Waals surface area contributed by atoms with E-state index in [9.17, 15) is 14.4 Å². The van der Waals surface area contributed by atoms with Gasteiger partial charge in [-0.15, -0.1) is 0 Å². The number of benzene rings is 1. The van der Waals surface area contributed by atoms with E-state index in [4.69, 9.17) is 16.2 Å². The number of aliphatic imine (C=N–C) groups is 1. The molecule has 6 N–H and O–H groups in total. The van der Waals surface area contributed by atoms with Crippen LogP contribution in [-0.4, -0.2) is 41.9 Å². The van der Waals surface area contributed by atoms with E-state index in [-0.39, 0.29) is 35.5 Å². The molecule has 1 atom stereocenters. The summed E-state index contributed by atoms with van der Waals surface area (Å²) >= 11 is 0.982. The van der Waals surface area contributed by atoms with Crippen LogP contribution in [-0.2, 0) is 14.3 Å². The van der Waals surface area contributed by atoms with Crippen molar-refractivity contribution in [2.75, 3.05) is 13.2 Å². The number of hydrogen-bond donors (Lipinski definition) is 4. The number of aromatic nitrogens is 1. The summed E-state index contributed by atoms with van der Waals surface area (Å²) < 4.78 is 4.97. The van der Waals surface area contributed by atoms with Crippen LogP contribution in [0.3, 0.4) is 0 Å². The van der Waals surface area contributed by atoms with Crippen LogP contribution in [0.5, 0.6) is 0 Å². The average Bonchev–Trinajstić information content (AvgIpc) is 3.14. The fourth-order valence-corrected chi connectivity index (χ4v) is 3.07. The molecule has 10 nitrogen and oxygen atoms in total. The Morgan fingerprint density at radius 2 is 1.97 bits per heavy atom. The number of guanidine groups is 1. The van der Waals surface area contributed by atoms with E-state index in [2.05, 4.69) is 20.6 Å². The largest absolute Gasteiger partial charge is 0.466 e. The average molecular weight is 418 g/mol. The van der Waals surface area contributed by atoms with E-state index in [1.165, 1.54) is 6.20 Å². The number of rotatable bonds is 9. The summed E-state index contributed by atoms with van der Waals surface area (Å²) in [5, 5.41) is 5.47. The molecule has 2 aromatic rings. The van der Waals surface area contributed by atoms with Crippen molar-refractivity contribution in [1.29, 1.82) is 0 Å². The second-order valence-electron chi connectivity index (χ2n) is 5.77. The molecule has 2 amide bonds. The lowest BCUT2D eigenvalue weighted by Crippen LogP contribution is -2.39. The topological polar surface area (TPSA) is 162 Å². The number of amides is 2. The number of nitrogens with zero attached hydrogens (tertiary/aromatic N) is 2. The Morgan fingerprint density at radius 1 is 1.24 bits per heavy atom. The van der Waals surface area contributed by atoms with E-state index in [1.807, 2.05) is 6.07 Å². The maximum atomic E-state index is 12.3. The Kier molecular flexibility index (Phi) is 8.10. The van der Waals surface area contributed by atoms with Crippen LogP contribution in [0.1, 0.15) is 34.6 Å². The van der Waals surface area contributed by atoms with Crippen LogP contribution in [0.15, 0.2) is 41.5 Å². The molecule has 0 aliphatic carbocycles. The standard InChI is InChI=1S/C18H22N6O4S/c1-2-28-15(26)8-12(11-6-4-3-5-7-11)23-14(25)10-21-16(27)13-9-22-18(29-13)24-17(19)20/h3-7,9,12H,2,8,10H2,1H3,(H,21,27)(H,23,25)(H4,19,20,22,24). The lowest BCUT2D eigenvalue weighted by atomic mass is 10.0. The Balaban J connectivity index is 1.95. The summed E-state index contributed by atoms with van der Waals surface area (Å²) in [6.07, 6.45) is 1.29. The molecule has 0 fully saturated rings. The Hall–Kier alpha value is -3.47. The minimum atomic E-state index is -0.573. The van der Waals surface area contributed by atoms with Crippen molar-refractivity contribution in [2.45, 2.75) is 19.4 Å². The third kappa shape index (κ3) is 7.22. The van der Waals surface area contributed by atoms with Gasteiger partial charge in [0, 0.05) is 0 Å². The molecule has 0 spiro atoms. The highest BCUT2D eigenvalue weighted by Gasteiger charge is 2.20. The van der Waals surface area contributed by atoms with E-state index >= 15 is 0 Å². The highest BCUT2D eigenvalue weighted by Crippen LogP contribution is 2.20. The molecule has 2 rings (SSSR count). The third-order valence-electron chi connectivity index (χ3n) is 3.56. The molecular formula is C18H22N6O4S. The summed E-state index contributed by atoms with van der Waals surface area (Å²) in [4.78, 5) is 44.2. The first-order valence-electron chi connectivity index (χ1n) is 8.72. The van der Waals surface area contributed by atoms with Crippen molar-refractivity contribution in [3.05, 3.63) is 47.0 Å². The summed E-state index contributed by atoms with van der Waals surface area (Å²) in [5.74, 6) is -1.54. The summed E-state index contributed by atoms with van der Waals surface area (Å²) in [6.45, 7) is 1.68. The van der Waals surface area contributed by atoms with Gasteiger partial charge in [-0.1, -0.05) is 41.7 Å². The molecule has 0 bridgehead atoms. The molecule has 0 saturated heterocycles. The van der Waals surface area contributed by atoms with Crippen LogP contribution in [0, 0.1) is 0 Å². The summed E-state index contributed by atoms with van der Waals surface area (Å²) in [5.41, 5.74) is 11.3. The molecule has 0 saturated carbocycles. The number of nitrogens with two attached hydrogens (primary N) is 2. The number of thiazole rings is 1. The van der Waals surface area contributed by atoms with Crippen molar-refractivity contribution >= 4 is 40.2 Å².